The molecular formula is C4H3Cl3O. The molecule has 0 spiro atoms. The molecule has 0 heterocycles. The van der Waals surface area contributed by atoms with Crippen LogP contribution in [0.15, 0.2) is 0 Å². The van der Waals surface area contributed by atoms with Crippen molar-refractivity contribution in [2.75, 3.05) is 0 Å². The summed E-state index contributed by atoms with van der Waals surface area (Å²) in [5.74, 6) is -0.326. The Balaban J connectivity index is 2.48. The van der Waals surface area contributed by atoms with Crippen LogP contribution in [0, 0.1) is 5.92 Å². The van der Waals surface area contributed by atoms with E-state index in [0.29, 0.717) is 6.42 Å². The summed E-state index contributed by atoms with van der Waals surface area (Å²) in [6, 6.07) is 0. The first-order valence-electron chi connectivity index (χ1n) is 2.11. The molecule has 1 saturated carbocycles. The summed E-state index contributed by atoms with van der Waals surface area (Å²) in [7, 11) is 0. The van der Waals surface area contributed by atoms with Crippen LogP contribution in [0.1, 0.15) is 6.42 Å². The third-order valence-corrected chi connectivity index (χ3v) is 2.20. The van der Waals surface area contributed by atoms with Crippen LogP contribution in [0.25, 0.3) is 0 Å². The van der Waals surface area contributed by atoms with E-state index in [1.165, 1.54) is 0 Å². The van der Waals surface area contributed by atoms with Gasteiger partial charge in [0.25, 0.3) is 0 Å². The molecule has 0 aromatic carbocycles. The predicted octanol–water partition coefficient (Wildman–Crippen LogP) is 1.95. The average Bonchev–Trinajstić information content (AvgIpc) is 2.13. The summed E-state index contributed by atoms with van der Waals surface area (Å²) in [6.07, 6.45) is 0.498. The van der Waals surface area contributed by atoms with Crippen molar-refractivity contribution < 1.29 is 4.79 Å². The molecule has 0 aromatic heterocycles. The van der Waals surface area contributed by atoms with E-state index >= 15 is 0 Å². The van der Waals surface area contributed by atoms with E-state index in [2.05, 4.69) is 0 Å². The molecule has 1 aliphatic rings. The van der Waals surface area contributed by atoms with Gasteiger partial charge in [0.2, 0.25) is 5.24 Å². The maximum absolute atomic E-state index is 10.2. The molecular weight excluding hydrogens is 170 g/mol. The fourth-order valence-electron chi connectivity index (χ4n) is 0.459. The van der Waals surface area contributed by atoms with Crippen LogP contribution in [0.4, 0.5) is 0 Å². The molecule has 0 radical (unpaired) electrons. The molecule has 0 aliphatic heterocycles. The van der Waals surface area contributed by atoms with Crippen molar-refractivity contribution in [3.05, 3.63) is 0 Å². The van der Waals surface area contributed by atoms with Crippen LogP contribution in [0.2, 0.25) is 0 Å². The number of hydrogen-bond acceptors (Lipinski definition) is 1. The molecule has 46 valence electrons. The smallest absolute Gasteiger partial charge is 0.227 e. The zero-order valence-electron chi connectivity index (χ0n) is 3.83. The van der Waals surface area contributed by atoms with Gasteiger partial charge in [-0.05, 0) is 18.0 Å². The lowest BCUT2D eigenvalue weighted by Crippen LogP contribution is -1.96. The van der Waals surface area contributed by atoms with Crippen LogP contribution >= 0.6 is 34.8 Å². The fourth-order valence-corrected chi connectivity index (χ4v) is 1.34. The largest absolute Gasteiger partial charge is 0.281 e. The molecule has 1 fully saturated rings. The van der Waals surface area contributed by atoms with Gasteiger partial charge in [0.05, 0.1) is 5.92 Å². The van der Waals surface area contributed by atoms with Gasteiger partial charge < -0.3 is 0 Å². The summed E-state index contributed by atoms with van der Waals surface area (Å²) in [4.78, 5) is 10.2. The minimum absolute atomic E-state index is 0.326. The Bertz CT molecular complexity index is 131. The number of carbonyl (C=O) groups excluding carboxylic acids is 1. The molecule has 4 heteroatoms. The van der Waals surface area contributed by atoms with Gasteiger partial charge >= 0.3 is 0 Å². The van der Waals surface area contributed by atoms with Gasteiger partial charge in [0.15, 0.2) is 0 Å². The second kappa shape index (κ2) is 1.76. The highest BCUT2D eigenvalue weighted by atomic mass is 35.5. The van der Waals surface area contributed by atoms with Crippen LogP contribution in [0.5, 0.6) is 0 Å². The predicted molar refractivity (Wildman–Crippen MR) is 33.4 cm³/mol. The topological polar surface area (TPSA) is 17.1 Å². The standard InChI is InChI=1S/C4H3Cl3O/c5-3(8)2-1-4(2,6)7/h2H,1H2. The van der Waals surface area contributed by atoms with Crippen molar-refractivity contribution in [2.45, 2.75) is 10.8 Å². The lowest BCUT2D eigenvalue weighted by Gasteiger charge is -1.88. The Morgan fingerprint density at radius 1 is 1.62 bits per heavy atom. The number of hydrogen-bond donors (Lipinski definition) is 0. The van der Waals surface area contributed by atoms with Gasteiger partial charge in [-0.15, -0.1) is 23.2 Å². The van der Waals surface area contributed by atoms with Crippen molar-refractivity contribution in [3.8, 4) is 0 Å². The summed E-state index contributed by atoms with van der Waals surface area (Å²) in [5.41, 5.74) is 0. The van der Waals surface area contributed by atoms with E-state index in [1.807, 2.05) is 0 Å². The zero-order chi connectivity index (χ0) is 6.36. The first-order chi connectivity index (χ1) is 3.54. The van der Waals surface area contributed by atoms with Gasteiger partial charge in [-0.2, -0.15) is 0 Å². The second-order valence-corrected chi connectivity index (χ2v) is 3.74. The molecule has 1 atom stereocenters. The van der Waals surface area contributed by atoms with E-state index in [1.54, 1.807) is 0 Å². The fraction of sp³-hybridized carbons (Fsp3) is 0.750. The van der Waals surface area contributed by atoms with Gasteiger partial charge in [0, 0.05) is 0 Å². The van der Waals surface area contributed by atoms with Crippen LogP contribution in [-0.2, 0) is 4.79 Å². The SMILES string of the molecule is O=C(Cl)C1CC1(Cl)Cl. The van der Waals surface area contributed by atoms with Crippen molar-refractivity contribution in [1.82, 2.24) is 0 Å². The first kappa shape index (κ1) is 6.66. The number of rotatable bonds is 1. The van der Waals surface area contributed by atoms with Crippen molar-refractivity contribution in [3.63, 3.8) is 0 Å². The van der Waals surface area contributed by atoms with Crippen molar-refractivity contribution >= 4 is 40.0 Å². The molecule has 1 rings (SSSR count). The molecule has 0 N–H and O–H groups in total. The summed E-state index contributed by atoms with van der Waals surface area (Å²) < 4.78 is -0.848. The maximum atomic E-state index is 10.2. The number of carbonyl (C=O) groups is 1. The third-order valence-electron chi connectivity index (χ3n) is 1.10. The van der Waals surface area contributed by atoms with Crippen LogP contribution in [-0.4, -0.2) is 9.58 Å². The quantitative estimate of drug-likeness (QED) is 0.437. The summed E-state index contributed by atoms with van der Waals surface area (Å²) >= 11 is 16.0. The lowest BCUT2D eigenvalue weighted by atomic mass is 10.5. The average molecular weight is 173 g/mol. The molecule has 1 aliphatic carbocycles. The number of halogens is 3. The zero-order valence-corrected chi connectivity index (χ0v) is 6.09. The maximum Gasteiger partial charge on any atom is 0.227 e. The minimum atomic E-state index is -0.848. The van der Waals surface area contributed by atoms with E-state index in [4.69, 9.17) is 34.8 Å². The molecule has 1 unspecified atom stereocenters. The first-order valence-corrected chi connectivity index (χ1v) is 3.24. The molecule has 0 aromatic rings. The molecule has 0 saturated heterocycles. The summed E-state index contributed by atoms with van der Waals surface area (Å²) in [6.45, 7) is 0. The lowest BCUT2D eigenvalue weighted by molar-refractivity contribution is -0.112. The highest BCUT2D eigenvalue weighted by Crippen LogP contribution is 2.53. The highest BCUT2D eigenvalue weighted by Gasteiger charge is 2.55. The third kappa shape index (κ3) is 1.09. The Labute approximate surface area is 61.9 Å². The van der Waals surface area contributed by atoms with E-state index in [0.717, 1.165) is 0 Å². The van der Waals surface area contributed by atoms with Crippen molar-refractivity contribution in [2.24, 2.45) is 5.92 Å². The van der Waals surface area contributed by atoms with Crippen LogP contribution in [0.3, 0.4) is 0 Å². The molecule has 8 heavy (non-hydrogen) atoms. The molecule has 0 amide bonds. The van der Waals surface area contributed by atoms with Crippen molar-refractivity contribution in [1.29, 1.82) is 0 Å². The van der Waals surface area contributed by atoms with Crippen LogP contribution < -0.4 is 0 Å². The van der Waals surface area contributed by atoms with Gasteiger partial charge in [0.1, 0.15) is 4.33 Å². The molecule has 0 bridgehead atoms. The van der Waals surface area contributed by atoms with E-state index < -0.39 is 9.58 Å². The monoisotopic (exact) mass is 172 g/mol. The Kier molecular flexibility index (Phi) is 1.46. The molecule has 1 nitrogen and oxygen atoms in total. The normalized spacial score (nSPS) is 32.1. The Morgan fingerprint density at radius 2 is 2.00 bits per heavy atom. The minimum Gasteiger partial charge on any atom is -0.281 e. The Hall–Kier alpha value is 0.540. The highest BCUT2D eigenvalue weighted by molar-refractivity contribution is 6.67. The van der Waals surface area contributed by atoms with E-state index in [-0.39, 0.29) is 5.92 Å². The number of alkyl halides is 2. The van der Waals surface area contributed by atoms with Gasteiger partial charge in [-0.1, -0.05) is 0 Å². The second-order valence-electron chi connectivity index (χ2n) is 1.82. The summed E-state index contributed by atoms with van der Waals surface area (Å²) in [5, 5.41) is -0.435. The Morgan fingerprint density at radius 3 is 2.00 bits per heavy atom. The van der Waals surface area contributed by atoms with Gasteiger partial charge in [-0.3, -0.25) is 4.79 Å². The van der Waals surface area contributed by atoms with E-state index in [9.17, 15) is 4.79 Å². The van der Waals surface area contributed by atoms with Gasteiger partial charge in [-0.25, -0.2) is 0 Å².